The lowest BCUT2D eigenvalue weighted by molar-refractivity contribution is 0.105. The second-order valence-electron chi connectivity index (χ2n) is 4.16. The minimum atomic E-state index is -1.42. The summed E-state index contributed by atoms with van der Waals surface area (Å²) in [4.78, 5) is 0. The van der Waals surface area contributed by atoms with Gasteiger partial charge in [-0.2, -0.15) is 0 Å². The van der Waals surface area contributed by atoms with Crippen LogP contribution in [0.1, 0.15) is 27.2 Å². The van der Waals surface area contributed by atoms with Crippen molar-refractivity contribution in [2.24, 2.45) is 0 Å². The summed E-state index contributed by atoms with van der Waals surface area (Å²) in [5.74, 6) is 0.742. The van der Waals surface area contributed by atoms with Crippen LogP contribution in [0.2, 0.25) is 0 Å². The minimum Gasteiger partial charge on any atom is -0.488 e. The van der Waals surface area contributed by atoms with Gasteiger partial charge in [0.1, 0.15) is 11.4 Å². The highest BCUT2D eigenvalue weighted by molar-refractivity contribution is 6.58. The molecule has 0 aliphatic heterocycles. The first-order valence-corrected chi connectivity index (χ1v) is 5.10. The van der Waals surface area contributed by atoms with Gasteiger partial charge in [0.05, 0.1) is 0 Å². The Hall–Kier alpha value is -0.995. The maximum Gasteiger partial charge on any atom is 0.488 e. The summed E-state index contributed by atoms with van der Waals surface area (Å²) in [6.07, 6.45) is 0.914. The molecule has 0 bridgehead atoms. The molecule has 0 radical (unpaired) electrons. The van der Waals surface area contributed by atoms with Gasteiger partial charge in [0.2, 0.25) is 0 Å². The molecule has 0 saturated carbocycles. The molecule has 82 valence electrons. The highest BCUT2D eigenvalue weighted by atomic mass is 16.5. The van der Waals surface area contributed by atoms with Crippen molar-refractivity contribution in [1.29, 1.82) is 0 Å². The Bertz CT molecular complexity index is 306. The molecule has 1 aromatic rings. The predicted molar refractivity (Wildman–Crippen MR) is 61.3 cm³/mol. The Morgan fingerprint density at radius 3 is 2.13 bits per heavy atom. The minimum absolute atomic E-state index is 0.195. The van der Waals surface area contributed by atoms with Gasteiger partial charge in [-0.05, 0) is 37.9 Å². The van der Waals surface area contributed by atoms with E-state index in [2.05, 4.69) is 6.92 Å². The average Bonchev–Trinajstić information content (AvgIpc) is 2.18. The van der Waals surface area contributed by atoms with Crippen molar-refractivity contribution >= 4 is 12.6 Å². The molecule has 2 N–H and O–H groups in total. The van der Waals surface area contributed by atoms with Crippen LogP contribution in [-0.2, 0) is 0 Å². The molecule has 1 rings (SSSR count). The van der Waals surface area contributed by atoms with Crippen LogP contribution in [0.25, 0.3) is 0 Å². The lowest BCUT2D eigenvalue weighted by Crippen LogP contribution is -2.30. The highest BCUT2D eigenvalue weighted by Gasteiger charge is 2.17. The third-order valence-corrected chi connectivity index (χ3v) is 2.42. The van der Waals surface area contributed by atoms with Gasteiger partial charge < -0.3 is 14.8 Å². The summed E-state index contributed by atoms with van der Waals surface area (Å²) in [5.41, 5.74) is 0.274. The van der Waals surface area contributed by atoms with Gasteiger partial charge in [0.15, 0.2) is 0 Å². The van der Waals surface area contributed by atoms with Crippen LogP contribution in [0.4, 0.5) is 0 Å². The number of hydrogen-bond acceptors (Lipinski definition) is 3. The Balaban J connectivity index is 2.73. The van der Waals surface area contributed by atoms with Crippen LogP contribution >= 0.6 is 0 Å². The zero-order valence-electron chi connectivity index (χ0n) is 9.40. The Kier molecular flexibility index (Phi) is 3.77. The monoisotopic (exact) mass is 208 g/mol. The lowest BCUT2D eigenvalue weighted by atomic mass is 9.80. The third kappa shape index (κ3) is 3.57. The summed E-state index contributed by atoms with van der Waals surface area (Å²) >= 11 is 0. The molecule has 0 saturated heterocycles. The molecule has 0 atom stereocenters. The standard InChI is InChI=1S/C11H17BO3/c1-4-11(2,3)15-10-7-5-9(6-8-10)12(13)14/h5-8,13-14H,4H2,1-3H3. The zero-order chi connectivity index (χ0) is 11.5. The summed E-state index contributed by atoms with van der Waals surface area (Å²) in [7, 11) is -1.42. The van der Waals surface area contributed by atoms with Crippen molar-refractivity contribution in [2.45, 2.75) is 32.8 Å². The summed E-state index contributed by atoms with van der Waals surface area (Å²) in [6.45, 7) is 6.09. The first-order chi connectivity index (χ1) is 6.94. The largest absolute Gasteiger partial charge is 0.488 e. The fourth-order valence-electron chi connectivity index (χ4n) is 1.10. The molecule has 0 amide bonds. The van der Waals surface area contributed by atoms with E-state index in [0.717, 1.165) is 12.2 Å². The fraction of sp³-hybridized carbons (Fsp3) is 0.455. The SMILES string of the molecule is CCC(C)(C)Oc1ccc(B(O)O)cc1. The molecular weight excluding hydrogens is 191 g/mol. The zero-order valence-corrected chi connectivity index (χ0v) is 9.40. The molecule has 0 fully saturated rings. The van der Waals surface area contributed by atoms with Crippen LogP contribution in [0.5, 0.6) is 5.75 Å². The van der Waals surface area contributed by atoms with Crippen molar-refractivity contribution in [3.8, 4) is 5.75 Å². The van der Waals surface area contributed by atoms with Crippen LogP contribution in [0, 0.1) is 0 Å². The van der Waals surface area contributed by atoms with Crippen molar-refractivity contribution in [3.63, 3.8) is 0 Å². The first kappa shape index (κ1) is 12.1. The van der Waals surface area contributed by atoms with Gasteiger partial charge in [-0.15, -0.1) is 0 Å². The summed E-state index contributed by atoms with van der Waals surface area (Å²) in [5, 5.41) is 17.8. The summed E-state index contributed by atoms with van der Waals surface area (Å²) in [6, 6.07) is 6.77. The van der Waals surface area contributed by atoms with Crippen molar-refractivity contribution in [3.05, 3.63) is 24.3 Å². The maximum absolute atomic E-state index is 8.91. The van der Waals surface area contributed by atoms with Gasteiger partial charge in [-0.1, -0.05) is 19.1 Å². The van der Waals surface area contributed by atoms with Gasteiger partial charge in [0, 0.05) is 0 Å². The van der Waals surface area contributed by atoms with Crippen molar-refractivity contribution in [1.82, 2.24) is 0 Å². The lowest BCUT2D eigenvalue weighted by Gasteiger charge is -2.24. The maximum atomic E-state index is 8.91. The highest BCUT2D eigenvalue weighted by Crippen LogP contribution is 2.19. The van der Waals surface area contributed by atoms with E-state index in [-0.39, 0.29) is 5.60 Å². The van der Waals surface area contributed by atoms with Gasteiger partial charge >= 0.3 is 7.12 Å². The van der Waals surface area contributed by atoms with E-state index in [4.69, 9.17) is 14.8 Å². The molecule has 0 aliphatic rings. The average molecular weight is 208 g/mol. The number of benzene rings is 1. The van der Waals surface area contributed by atoms with E-state index in [1.165, 1.54) is 0 Å². The fourth-order valence-corrected chi connectivity index (χ4v) is 1.10. The smallest absolute Gasteiger partial charge is 0.488 e. The van der Waals surface area contributed by atoms with Crippen LogP contribution in [0.15, 0.2) is 24.3 Å². The molecule has 3 nitrogen and oxygen atoms in total. The molecule has 4 heteroatoms. The molecule has 0 aromatic heterocycles. The second kappa shape index (κ2) is 4.68. The molecule has 15 heavy (non-hydrogen) atoms. The van der Waals surface area contributed by atoms with Crippen molar-refractivity contribution < 1.29 is 14.8 Å². The Morgan fingerprint density at radius 2 is 1.73 bits per heavy atom. The third-order valence-electron chi connectivity index (χ3n) is 2.42. The number of hydrogen-bond donors (Lipinski definition) is 2. The molecule has 0 spiro atoms. The van der Waals surface area contributed by atoms with Crippen LogP contribution in [0.3, 0.4) is 0 Å². The number of rotatable bonds is 4. The second-order valence-corrected chi connectivity index (χ2v) is 4.16. The van der Waals surface area contributed by atoms with Gasteiger partial charge in [0.25, 0.3) is 0 Å². The molecular formula is C11H17BO3. The molecule has 0 aliphatic carbocycles. The van der Waals surface area contributed by atoms with E-state index in [1.807, 2.05) is 13.8 Å². The van der Waals surface area contributed by atoms with E-state index >= 15 is 0 Å². The van der Waals surface area contributed by atoms with Crippen LogP contribution < -0.4 is 10.2 Å². The van der Waals surface area contributed by atoms with Gasteiger partial charge in [-0.3, -0.25) is 0 Å². The molecule has 0 heterocycles. The first-order valence-electron chi connectivity index (χ1n) is 5.10. The topological polar surface area (TPSA) is 49.7 Å². The normalized spacial score (nSPS) is 11.3. The van der Waals surface area contributed by atoms with Crippen molar-refractivity contribution in [2.75, 3.05) is 0 Å². The quantitative estimate of drug-likeness (QED) is 0.723. The Morgan fingerprint density at radius 1 is 1.20 bits per heavy atom. The predicted octanol–water partition coefficient (Wildman–Crippen LogP) is 0.934. The van der Waals surface area contributed by atoms with E-state index in [0.29, 0.717) is 5.46 Å². The summed E-state index contributed by atoms with van der Waals surface area (Å²) < 4.78 is 5.72. The number of ether oxygens (including phenoxy) is 1. The molecule has 0 unspecified atom stereocenters. The Labute approximate surface area is 90.9 Å². The van der Waals surface area contributed by atoms with E-state index in [9.17, 15) is 0 Å². The van der Waals surface area contributed by atoms with E-state index in [1.54, 1.807) is 24.3 Å². The van der Waals surface area contributed by atoms with Gasteiger partial charge in [-0.25, -0.2) is 0 Å². The van der Waals surface area contributed by atoms with E-state index < -0.39 is 7.12 Å². The van der Waals surface area contributed by atoms with Crippen LogP contribution in [-0.4, -0.2) is 22.8 Å². The molecule has 1 aromatic carbocycles.